The summed E-state index contributed by atoms with van der Waals surface area (Å²) in [6.07, 6.45) is 3.82. The Balaban J connectivity index is 2.09. The van der Waals surface area contributed by atoms with Gasteiger partial charge in [-0.15, -0.1) is 11.6 Å². The van der Waals surface area contributed by atoms with Crippen molar-refractivity contribution in [3.63, 3.8) is 0 Å². The Morgan fingerprint density at radius 1 is 1.33 bits per heavy atom. The number of carbonyl (C=O) groups is 1. The number of halogens is 3. The maximum Gasteiger partial charge on any atom is 0.254 e. The second kappa shape index (κ2) is 5.89. The molecule has 18 heavy (non-hydrogen) atoms. The quantitative estimate of drug-likeness (QED) is 0.826. The molecule has 0 spiro atoms. The lowest BCUT2D eigenvalue weighted by Gasteiger charge is -2.27. The molecule has 1 saturated carbocycles. The van der Waals surface area contributed by atoms with E-state index in [0.717, 1.165) is 25.7 Å². The molecule has 5 heteroatoms. The van der Waals surface area contributed by atoms with Crippen LogP contribution in [0.4, 0.5) is 4.39 Å². The first kappa shape index (κ1) is 13.6. The Morgan fingerprint density at radius 3 is 2.78 bits per heavy atom. The van der Waals surface area contributed by atoms with Gasteiger partial charge in [0.25, 0.3) is 5.91 Å². The molecule has 0 saturated heterocycles. The normalized spacial score (nSPS) is 23.7. The standard InChI is InChI=1S/C13H14Cl2FNO/c14-8-5-6-11(16)9(7-8)13(18)17-12-4-2-1-3-10(12)15/h5-7,10,12H,1-4H2,(H,17,18). The van der Waals surface area contributed by atoms with Crippen LogP contribution in [0.25, 0.3) is 0 Å². The van der Waals surface area contributed by atoms with Crippen molar-refractivity contribution < 1.29 is 9.18 Å². The number of hydrogen-bond donors (Lipinski definition) is 1. The smallest absolute Gasteiger partial charge is 0.254 e. The van der Waals surface area contributed by atoms with E-state index in [-0.39, 0.29) is 17.0 Å². The minimum Gasteiger partial charge on any atom is -0.348 e. The molecule has 2 rings (SSSR count). The fourth-order valence-electron chi connectivity index (χ4n) is 2.17. The summed E-state index contributed by atoms with van der Waals surface area (Å²) in [6, 6.07) is 3.85. The van der Waals surface area contributed by atoms with Crippen molar-refractivity contribution >= 4 is 29.1 Å². The van der Waals surface area contributed by atoms with E-state index in [1.165, 1.54) is 18.2 Å². The van der Waals surface area contributed by atoms with Crippen LogP contribution in [-0.4, -0.2) is 17.3 Å². The second-order valence-corrected chi connectivity index (χ2v) is 5.50. The summed E-state index contributed by atoms with van der Waals surface area (Å²) in [7, 11) is 0. The molecule has 0 bridgehead atoms. The van der Waals surface area contributed by atoms with Gasteiger partial charge in [-0.05, 0) is 31.0 Å². The van der Waals surface area contributed by atoms with E-state index in [0.29, 0.717) is 5.02 Å². The van der Waals surface area contributed by atoms with E-state index in [1.54, 1.807) is 0 Å². The highest BCUT2D eigenvalue weighted by molar-refractivity contribution is 6.31. The van der Waals surface area contributed by atoms with E-state index < -0.39 is 11.7 Å². The van der Waals surface area contributed by atoms with E-state index in [2.05, 4.69) is 5.32 Å². The fourth-order valence-corrected chi connectivity index (χ4v) is 2.68. The zero-order valence-corrected chi connectivity index (χ0v) is 11.3. The van der Waals surface area contributed by atoms with E-state index in [1.807, 2.05) is 0 Å². The molecule has 1 aromatic carbocycles. The van der Waals surface area contributed by atoms with Gasteiger partial charge in [0.2, 0.25) is 0 Å². The lowest BCUT2D eigenvalue weighted by atomic mass is 9.94. The number of alkyl halides is 1. The highest BCUT2D eigenvalue weighted by Crippen LogP contribution is 2.24. The van der Waals surface area contributed by atoms with Gasteiger partial charge in [-0.3, -0.25) is 4.79 Å². The fraction of sp³-hybridized carbons (Fsp3) is 0.462. The first-order chi connectivity index (χ1) is 8.58. The molecule has 1 aromatic rings. The average Bonchev–Trinajstić information content (AvgIpc) is 2.35. The molecule has 1 fully saturated rings. The highest BCUT2D eigenvalue weighted by atomic mass is 35.5. The van der Waals surface area contributed by atoms with Gasteiger partial charge in [0, 0.05) is 11.1 Å². The summed E-state index contributed by atoms with van der Waals surface area (Å²) in [5.74, 6) is -1.02. The van der Waals surface area contributed by atoms with Gasteiger partial charge in [0.1, 0.15) is 5.82 Å². The number of benzene rings is 1. The summed E-state index contributed by atoms with van der Waals surface area (Å²) in [6.45, 7) is 0. The summed E-state index contributed by atoms with van der Waals surface area (Å²) in [4.78, 5) is 12.0. The van der Waals surface area contributed by atoms with E-state index in [4.69, 9.17) is 23.2 Å². The SMILES string of the molecule is O=C(NC1CCCCC1Cl)c1cc(Cl)ccc1F. The first-order valence-electron chi connectivity index (χ1n) is 5.98. The van der Waals surface area contributed by atoms with Gasteiger partial charge >= 0.3 is 0 Å². The number of rotatable bonds is 2. The van der Waals surface area contributed by atoms with Crippen LogP contribution in [0.1, 0.15) is 36.0 Å². The second-order valence-electron chi connectivity index (χ2n) is 4.50. The van der Waals surface area contributed by atoms with Crippen LogP contribution in [-0.2, 0) is 0 Å². The van der Waals surface area contributed by atoms with Crippen molar-refractivity contribution in [3.05, 3.63) is 34.6 Å². The van der Waals surface area contributed by atoms with Crippen LogP contribution in [0.15, 0.2) is 18.2 Å². The minimum atomic E-state index is -0.571. The monoisotopic (exact) mass is 289 g/mol. The molecular formula is C13H14Cl2FNO. The van der Waals surface area contributed by atoms with E-state index >= 15 is 0 Å². The molecule has 0 aliphatic heterocycles. The number of nitrogens with one attached hydrogen (secondary N) is 1. The van der Waals surface area contributed by atoms with Crippen LogP contribution >= 0.6 is 23.2 Å². The Hall–Kier alpha value is -0.800. The van der Waals surface area contributed by atoms with Crippen LogP contribution in [0, 0.1) is 5.82 Å². The van der Waals surface area contributed by atoms with Crippen LogP contribution in [0.3, 0.4) is 0 Å². The van der Waals surface area contributed by atoms with Crippen molar-refractivity contribution in [1.29, 1.82) is 0 Å². The maximum atomic E-state index is 13.5. The van der Waals surface area contributed by atoms with Gasteiger partial charge in [-0.25, -0.2) is 4.39 Å². The lowest BCUT2D eigenvalue weighted by Crippen LogP contribution is -2.43. The van der Waals surface area contributed by atoms with Crippen molar-refractivity contribution in [2.75, 3.05) is 0 Å². The van der Waals surface area contributed by atoms with Crippen molar-refractivity contribution in [2.24, 2.45) is 0 Å². The van der Waals surface area contributed by atoms with Crippen molar-refractivity contribution in [1.82, 2.24) is 5.32 Å². The molecular weight excluding hydrogens is 276 g/mol. The summed E-state index contributed by atoms with van der Waals surface area (Å²) >= 11 is 11.9. The lowest BCUT2D eigenvalue weighted by molar-refractivity contribution is 0.0924. The van der Waals surface area contributed by atoms with E-state index in [9.17, 15) is 9.18 Å². The number of amides is 1. The summed E-state index contributed by atoms with van der Waals surface area (Å²) < 4.78 is 13.5. The van der Waals surface area contributed by atoms with Gasteiger partial charge in [-0.2, -0.15) is 0 Å². The van der Waals surface area contributed by atoms with Crippen LogP contribution in [0.5, 0.6) is 0 Å². The molecule has 1 N–H and O–H groups in total. The maximum absolute atomic E-state index is 13.5. The predicted molar refractivity (Wildman–Crippen MR) is 70.8 cm³/mol. The third-order valence-corrected chi connectivity index (χ3v) is 3.93. The molecule has 1 aliphatic rings. The molecule has 2 nitrogen and oxygen atoms in total. The van der Waals surface area contributed by atoms with Gasteiger partial charge in [0.05, 0.1) is 10.9 Å². The number of carbonyl (C=O) groups excluding carboxylic acids is 1. The summed E-state index contributed by atoms with van der Waals surface area (Å²) in [5.41, 5.74) is -0.0306. The molecule has 0 aromatic heterocycles. The first-order valence-corrected chi connectivity index (χ1v) is 6.79. The van der Waals surface area contributed by atoms with Crippen molar-refractivity contribution in [2.45, 2.75) is 37.1 Å². The zero-order valence-electron chi connectivity index (χ0n) is 9.76. The Labute approximate surface area is 115 Å². The molecule has 1 aliphatic carbocycles. The van der Waals surface area contributed by atoms with Gasteiger partial charge < -0.3 is 5.32 Å². The largest absolute Gasteiger partial charge is 0.348 e. The average molecular weight is 290 g/mol. The predicted octanol–water partition coefficient (Wildman–Crippen LogP) is 3.76. The number of hydrogen-bond acceptors (Lipinski definition) is 1. The minimum absolute atomic E-state index is 0.0306. The molecule has 2 unspecified atom stereocenters. The Morgan fingerprint density at radius 2 is 2.06 bits per heavy atom. The molecule has 2 atom stereocenters. The van der Waals surface area contributed by atoms with Gasteiger partial charge in [0.15, 0.2) is 0 Å². The molecule has 0 heterocycles. The highest BCUT2D eigenvalue weighted by Gasteiger charge is 2.25. The molecule has 98 valence electrons. The Kier molecular flexibility index (Phi) is 4.46. The molecule has 1 amide bonds. The third-order valence-electron chi connectivity index (χ3n) is 3.17. The zero-order chi connectivity index (χ0) is 13.1. The van der Waals surface area contributed by atoms with Crippen molar-refractivity contribution in [3.8, 4) is 0 Å². The molecule has 0 radical (unpaired) electrons. The summed E-state index contributed by atoms with van der Waals surface area (Å²) in [5, 5.41) is 3.05. The Bertz CT molecular complexity index is 453. The van der Waals surface area contributed by atoms with Crippen LogP contribution < -0.4 is 5.32 Å². The third kappa shape index (κ3) is 3.15. The van der Waals surface area contributed by atoms with Crippen LogP contribution in [0.2, 0.25) is 5.02 Å². The van der Waals surface area contributed by atoms with Gasteiger partial charge in [-0.1, -0.05) is 24.4 Å². The topological polar surface area (TPSA) is 29.1 Å².